The van der Waals surface area contributed by atoms with E-state index in [0.717, 1.165) is 0 Å². The number of nitrogens with two attached hydrogens (primary N) is 1. The maximum Gasteiger partial charge on any atom is 0.338 e. The third kappa shape index (κ3) is 5.73. The van der Waals surface area contributed by atoms with Crippen molar-refractivity contribution in [2.75, 3.05) is 11.9 Å². The molecule has 21 heavy (non-hydrogen) atoms. The number of ether oxygens (including phenoxy) is 1. The number of carbonyl (C=O) groups excluding carboxylic acids is 2. The van der Waals surface area contributed by atoms with E-state index >= 15 is 0 Å². The van der Waals surface area contributed by atoms with Gasteiger partial charge in [0.15, 0.2) is 0 Å². The minimum atomic E-state index is -0.631. The first-order valence-corrected chi connectivity index (χ1v) is 6.59. The van der Waals surface area contributed by atoms with E-state index in [1.165, 1.54) is 0 Å². The number of rotatable bonds is 4. The minimum Gasteiger partial charge on any atom is -0.462 e. The van der Waals surface area contributed by atoms with E-state index in [-0.39, 0.29) is 23.7 Å². The van der Waals surface area contributed by atoms with Gasteiger partial charge in [-0.15, -0.1) is 12.4 Å². The average Bonchev–Trinajstić information content (AvgIpc) is 2.37. The molecule has 0 radical (unpaired) electrons. The van der Waals surface area contributed by atoms with E-state index < -0.39 is 12.0 Å². The van der Waals surface area contributed by atoms with Gasteiger partial charge >= 0.3 is 5.97 Å². The molecule has 1 atom stereocenters. The Balaban J connectivity index is 0.00000400. The molecule has 118 valence electrons. The zero-order chi connectivity index (χ0) is 15.3. The number of hydrogen-bond acceptors (Lipinski definition) is 4. The zero-order valence-corrected chi connectivity index (χ0v) is 13.6. The monoisotopic (exact) mass is 314 g/mol. The van der Waals surface area contributed by atoms with Gasteiger partial charge in [-0.1, -0.05) is 26.8 Å². The summed E-state index contributed by atoms with van der Waals surface area (Å²) >= 11 is 0. The second-order valence-corrected chi connectivity index (χ2v) is 5.63. The molecule has 1 amide bonds. The molecular weight excluding hydrogens is 292 g/mol. The highest BCUT2D eigenvalue weighted by Gasteiger charge is 2.27. The Morgan fingerprint density at radius 2 is 1.95 bits per heavy atom. The van der Waals surface area contributed by atoms with Crippen molar-refractivity contribution >= 4 is 30.0 Å². The fraction of sp³-hybridized carbons (Fsp3) is 0.467. The number of amides is 1. The molecule has 0 spiro atoms. The van der Waals surface area contributed by atoms with Gasteiger partial charge in [-0.2, -0.15) is 0 Å². The van der Waals surface area contributed by atoms with Crippen LogP contribution in [-0.4, -0.2) is 24.5 Å². The zero-order valence-electron chi connectivity index (χ0n) is 12.8. The van der Waals surface area contributed by atoms with Crippen molar-refractivity contribution in [1.82, 2.24) is 0 Å². The van der Waals surface area contributed by atoms with Crippen LogP contribution in [0.5, 0.6) is 0 Å². The van der Waals surface area contributed by atoms with Crippen molar-refractivity contribution < 1.29 is 14.3 Å². The van der Waals surface area contributed by atoms with Gasteiger partial charge in [0, 0.05) is 5.69 Å². The van der Waals surface area contributed by atoms with Gasteiger partial charge in [0.1, 0.15) is 0 Å². The Kier molecular flexibility index (Phi) is 7.39. The molecule has 0 heterocycles. The van der Waals surface area contributed by atoms with Gasteiger partial charge in [0.2, 0.25) is 5.91 Å². The van der Waals surface area contributed by atoms with Gasteiger partial charge in [0.05, 0.1) is 18.2 Å². The van der Waals surface area contributed by atoms with Crippen LogP contribution in [-0.2, 0) is 9.53 Å². The van der Waals surface area contributed by atoms with Crippen molar-refractivity contribution in [3.05, 3.63) is 29.8 Å². The summed E-state index contributed by atoms with van der Waals surface area (Å²) in [5, 5.41) is 2.71. The number of benzene rings is 1. The van der Waals surface area contributed by atoms with Crippen LogP contribution < -0.4 is 11.1 Å². The fourth-order valence-electron chi connectivity index (χ4n) is 1.55. The molecule has 0 aromatic heterocycles. The third-order valence-corrected chi connectivity index (χ3v) is 2.86. The summed E-state index contributed by atoms with van der Waals surface area (Å²) in [6.07, 6.45) is 0. The van der Waals surface area contributed by atoms with Crippen LogP contribution in [0.2, 0.25) is 0 Å². The number of carbonyl (C=O) groups is 2. The first kappa shape index (κ1) is 19.4. The van der Waals surface area contributed by atoms with E-state index in [2.05, 4.69) is 5.32 Å². The number of nitrogens with one attached hydrogen (secondary N) is 1. The average molecular weight is 315 g/mol. The Bertz CT molecular complexity index is 498. The van der Waals surface area contributed by atoms with Crippen molar-refractivity contribution in [1.29, 1.82) is 0 Å². The lowest BCUT2D eigenvalue weighted by Crippen LogP contribution is -2.45. The summed E-state index contributed by atoms with van der Waals surface area (Å²) in [5.41, 5.74) is 6.48. The molecule has 0 saturated carbocycles. The maximum absolute atomic E-state index is 12.0. The molecule has 0 fully saturated rings. The smallest absolute Gasteiger partial charge is 0.338 e. The third-order valence-electron chi connectivity index (χ3n) is 2.86. The summed E-state index contributed by atoms with van der Waals surface area (Å²) in [6, 6.07) is 5.97. The molecule has 0 bridgehead atoms. The van der Waals surface area contributed by atoms with Crippen LogP contribution in [0.15, 0.2) is 24.3 Å². The number of anilines is 1. The quantitative estimate of drug-likeness (QED) is 0.837. The first-order chi connectivity index (χ1) is 9.25. The molecule has 1 aromatic rings. The molecule has 1 rings (SSSR count). The summed E-state index contributed by atoms with van der Waals surface area (Å²) in [7, 11) is 0. The highest BCUT2D eigenvalue weighted by Crippen LogP contribution is 2.19. The van der Waals surface area contributed by atoms with E-state index in [4.69, 9.17) is 10.5 Å². The summed E-state index contributed by atoms with van der Waals surface area (Å²) in [4.78, 5) is 23.6. The van der Waals surface area contributed by atoms with Crippen LogP contribution >= 0.6 is 12.4 Å². The van der Waals surface area contributed by atoms with E-state index in [9.17, 15) is 9.59 Å². The summed E-state index contributed by atoms with van der Waals surface area (Å²) < 4.78 is 4.91. The molecule has 6 heteroatoms. The lowest BCUT2D eigenvalue weighted by Gasteiger charge is -2.25. The molecular formula is C15H23ClN2O3. The van der Waals surface area contributed by atoms with Gasteiger partial charge in [-0.05, 0) is 30.5 Å². The molecule has 0 unspecified atom stereocenters. The highest BCUT2D eigenvalue weighted by molar-refractivity contribution is 5.97. The lowest BCUT2D eigenvalue weighted by molar-refractivity contribution is -0.119. The second-order valence-electron chi connectivity index (χ2n) is 5.63. The lowest BCUT2D eigenvalue weighted by atomic mass is 9.87. The van der Waals surface area contributed by atoms with Gasteiger partial charge < -0.3 is 15.8 Å². The molecule has 0 aliphatic carbocycles. The van der Waals surface area contributed by atoms with Crippen LogP contribution in [0.4, 0.5) is 5.69 Å². The van der Waals surface area contributed by atoms with Crippen molar-refractivity contribution in [2.45, 2.75) is 33.7 Å². The largest absolute Gasteiger partial charge is 0.462 e. The minimum absolute atomic E-state index is 0. The predicted molar refractivity (Wildman–Crippen MR) is 85.7 cm³/mol. The number of esters is 1. The van der Waals surface area contributed by atoms with E-state index in [1.54, 1.807) is 31.2 Å². The van der Waals surface area contributed by atoms with Crippen LogP contribution in [0.1, 0.15) is 38.1 Å². The predicted octanol–water partition coefficient (Wildman–Crippen LogP) is 2.60. The molecule has 0 aliphatic heterocycles. The van der Waals surface area contributed by atoms with Gasteiger partial charge in [0.25, 0.3) is 0 Å². The Morgan fingerprint density at radius 3 is 2.48 bits per heavy atom. The van der Waals surface area contributed by atoms with Crippen molar-refractivity contribution in [2.24, 2.45) is 11.1 Å². The summed E-state index contributed by atoms with van der Waals surface area (Å²) in [5.74, 6) is -0.692. The maximum atomic E-state index is 12.0. The molecule has 3 N–H and O–H groups in total. The van der Waals surface area contributed by atoms with Crippen LogP contribution in [0.3, 0.4) is 0 Å². The van der Waals surface area contributed by atoms with E-state index in [1.807, 2.05) is 20.8 Å². The topological polar surface area (TPSA) is 81.4 Å². The Labute approximate surface area is 131 Å². The van der Waals surface area contributed by atoms with Crippen molar-refractivity contribution in [3.8, 4) is 0 Å². The molecule has 0 aliphatic rings. The Morgan fingerprint density at radius 1 is 1.33 bits per heavy atom. The molecule has 0 saturated heterocycles. The van der Waals surface area contributed by atoms with Crippen LogP contribution in [0, 0.1) is 5.41 Å². The van der Waals surface area contributed by atoms with Gasteiger partial charge in [-0.25, -0.2) is 4.79 Å². The SMILES string of the molecule is CCOC(=O)c1cccc(NC(=O)[C@@H](N)C(C)(C)C)c1.Cl. The standard InChI is InChI=1S/C15H22N2O3.ClH/c1-5-20-14(19)10-7-6-8-11(9-10)17-13(18)12(16)15(2,3)4;/h6-9,12H,5,16H2,1-4H3,(H,17,18);1H/t12-;/m1./s1. The first-order valence-electron chi connectivity index (χ1n) is 6.59. The van der Waals surface area contributed by atoms with Crippen molar-refractivity contribution in [3.63, 3.8) is 0 Å². The Hall–Kier alpha value is -1.59. The highest BCUT2D eigenvalue weighted by atomic mass is 35.5. The normalized spacial score (nSPS) is 12.0. The van der Waals surface area contributed by atoms with Crippen LogP contribution in [0.25, 0.3) is 0 Å². The molecule has 1 aromatic carbocycles. The van der Waals surface area contributed by atoms with E-state index in [0.29, 0.717) is 17.9 Å². The second kappa shape index (κ2) is 8.00. The molecule has 5 nitrogen and oxygen atoms in total. The summed E-state index contributed by atoms with van der Waals surface area (Å²) in [6.45, 7) is 7.74. The van der Waals surface area contributed by atoms with Gasteiger partial charge in [-0.3, -0.25) is 4.79 Å². The number of halogens is 1. The number of hydrogen-bond donors (Lipinski definition) is 2. The fourth-order valence-corrected chi connectivity index (χ4v) is 1.55.